The Morgan fingerprint density at radius 2 is 2.13 bits per heavy atom. The summed E-state index contributed by atoms with van der Waals surface area (Å²) in [4.78, 5) is 0. The molecule has 0 amide bonds. The van der Waals surface area contributed by atoms with Crippen LogP contribution in [0.5, 0.6) is 11.5 Å². The minimum absolute atomic E-state index is 0.230. The van der Waals surface area contributed by atoms with Crippen LogP contribution in [0.1, 0.15) is 25.0 Å². The van der Waals surface area contributed by atoms with Crippen LogP contribution in [0, 0.1) is 12.7 Å². The average molecular weight is 210 g/mol. The maximum Gasteiger partial charge on any atom is 0.165 e. The van der Waals surface area contributed by atoms with Crippen LogP contribution in [0.15, 0.2) is 6.07 Å². The first-order valence-corrected chi connectivity index (χ1v) is 4.99. The summed E-state index contributed by atoms with van der Waals surface area (Å²) < 4.78 is 24.4. The lowest BCUT2D eigenvalue weighted by molar-refractivity contribution is 0.134. The highest BCUT2D eigenvalue weighted by Gasteiger charge is 2.34. The van der Waals surface area contributed by atoms with Crippen molar-refractivity contribution in [3.63, 3.8) is 0 Å². The molecule has 0 aliphatic carbocycles. The number of benzene rings is 1. The Balaban J connectivity index is 2.60. The smallest absolute Gasteiger partial charge is 0.165 e. The standard InChI is InChI=1S/C12H15FO2/c1-7-8-6-12(2,3)15-11(8)10(14-4)5-9(7)13/h5H,6H2,1-4H3. The summed E-state index contributed by atoms with van der Waals surface area (Å²) in [5.74, 6) is 0.951. The van der Waals surface area contributed by atoms with Gasteiger partial charge < -0.3 is 9.47 Å². The number of hydrogen-bond donors (Lipinski definition) is 0. The van der Waals surface area contributed by atoms with Gasteiger partial charge in [-0.05, 0) is 26.3 Å². The van der Waals surface area contributed by atoms with Gasteiger partial charge in [-0.15, -0.1) is 0 Å². The number of methoxy groups -OCH3 is 1. The maximum absolute atomic E-state index is 13.5. The van der Waals surface area contributed by atoms with Crippen LogP contribution in [0.25, 0.3) is 0 Å². The average Bonchev–Trinajstić information content (AvgIpc) is 2.48. The molecule has 82 valence electrons. The van der Waals surface area contributed by atoms with E-state index in [-0.39, 0.29) is 11.4 Å². The summed E-state index contributed by atoms with van der Waals surface area (Å²) in [6.45, 7) is 5.76. The van der Waals surface area contributed by atoms with Gasteiger partial charge in [0.1, 0.15) is 11.4 Å². The third-order valence-electron chi connectivity index (χ3n) is 2.77. The minimum atomic E-state index is -0.270. The van der Waals surface area contributed by atoms with Gasteiger partial charge in [0.25, 0.3) is 0 Å². The van der Waals surface area contributed by atoms with E-state index in [0.29, 0.717) is 17.1 Å². The van der Waals surface area contributed by atoms with E-state index in [1.165, 1.54) is 13.2 Å². The molecule has 1 aliphatic heterocycles. The summed E-state index contributed by atoms with van der Waals surface area (Å²) >= 11 is 0. The predicted molar refractivity (Wildman–Crippen MR) is 56.1 cm³/mol. The van der Waals surface area contributed by atoms with Crippen LogP contribution < -0.4 is 9.47 Å². The molecule has 0 saturated carbocycles. The van der Waals surface area contributed by atoms with E-state index < -0.39 is 0 Å². The van der Waals surface area contributed by atoms with Crippen molar-refractivity contribution in [3.8, 4) is 11.5 Å². The molecule has 0 fully saturated rings. The van der Waals surface area contributed by atoms with Gasteiger partial charge in [0.15, 0.2) is 11.5 Å². The van der Waals surface area contributed by atoms with Crippen molar-refractivity contribution in [1.82, 2.24) is 0 Å². The van der Waals surface area contributed by atoms with Gasteiger partial charge >= 0.3 is 0 Å². The molecule has 1 aromatic rings. The molecular formula is C12H15FO2. The molecule has 0 spiro atoms. The van der Waals surface area contributed by atoms with Gasteiger partial charge in [0.2, 0.25) is 0 Å². The van der Waals surface area contributed by atoms with Crippen molar-refractivity contribution in [1.29, 1.82) is 0 Å². The minimum Gasteiger partial charge on any atom is -0.493 e. The van der Waals surface area contributed by atoms with E-state index in [1.54, 1.807) is 6.92 Å². The molecule has 2 nitrogen and oxygen atoms in total. The molecular weight excluding hydrogens is 195 g/mol. The van der Waals surface area contributed by atoms with Gasteiger partial charge in [-0.1, -0.05) is 0 Å². The molecule has 1 heterocycles. The summed E-state index contributed by atoms with van der Waals surface area (Å²) in [5, 5.41) is 0. The molecule has 15 heavy (non-hydrogen) atoms. The van der Waals surface area contributed by atoms with E-state index in [1.807, 2.05) is 13.8 Å². The van der Waals surface area contributed by atoms with E-state index >= 15 is 0 Å². The Morgan fingerprint density at radius 3 is 2.73 bits per heavy atom. The summed E-state index contributed by atoms with van der Waals surface area (Å²) in [7, 11) is 1.53. The van der Waals surface area contributed by atoms with Crippen molar-refractivity contribution in [2.45, 2.75) is 32.8 Å². The Labute approximate surface area is 89.0 Å². The quantitative estimate of drug-likeness (QED) is 0.709. The molecule has 1 aliphatic rings. The van der Waals surface area contributed by atoms with Crippen LogP contribution in [0.2, 0.25) is 0 Å². The third kappa shape index (κ3) is 1.56. The Hall–Kier alpha value is -1.25. The maximum atomic E-state index is 13.5. The lowest BCUT2D eigenvalue weighted by atomic mass is 9.97. The van der Waals surface area contributed by atoms with Crippen molar-refractivity contribution in [3.05, 3.63) is 23.0 Å². The molecule has 0 atom stereocenters. The van der Waals surface area contributed by atoms with Gasteiger partial charge in [-0.25, -0.2) is 4.39 Å². The second-order valence-corrected chi connectivity index (χ2v) is 4.53. The fourth-order valence-corrected chi connectivity index (χ4v) is 1.97. The summed E-state index contributed by atoms with van der Waals surface area (Å²) in [5.41, 5.74) is 1.32. The number of ether oxygens (including phenoxy) is 2. The number of halogens is 1. The molecule has 1 aromatic carbocycles. The monoisotopic (exact) mass is 210 g/mol. The number of hydrogen-bond acceptors (Lipinski definition) is 2. The normalized spacial score (nSPS) is 17.1. The third-order valence-corrected chi connectivity index (χ3v) is 2.77. The van der Waals surface area contributed by atoms with Gasteiger partial charge in [-0.2, -0.15) is 0 Å². The fraction of sp³-hybridized carbons (Fsp3) is 0.500. The van der Waals surface area contributed by atoms with Crippen LogP contribution in [-0.2, 0) is 6.42 Å². The van der Waals surface area contributed by atoms with Gasteiger partial charge in [0, 0.05) is 18.1 Å². The zero-order valence-corrected chi connectivity index (χ0v) is 9.48. The first kappa shape index (κ1) is 10.3. The van der Waals surface area contributed by atoms with Crippen molar-refractivity contribution in [2.24, 2.45) is 0 Å². The highest BCUT2D eigenvalue weighted by Crippen LogP contribution is 2.44. The summed E-state index contributed by atoms with van der Waals surface area (Å²) in [6.07, 6.45) is 0.724. The van der Waals surface area contributed by atoms with Gasteiger partial charge in [0.05, 0.1) is 7.11 Å². The van der Waals surface area contributed by atoms with E-state index in [4.69, 9.17) is 9.47 Å². The molecule has 0 saturated heterocycles. The Bertz CT molecular complexity index is 411. The summed E-state index contributed by atoms with van der Waals surface area (Å²) in [6, 6.07) is 1.38. The van der Waals surface area contributed by atoms with E-state index in [0.717, 1.165) is 12.0 Å². The SMILES string of the molecule is COc1cc(F)c(C)c2c1OC(C)(C)C2. The Morgan fingerprint density at radius 1 is 1.47 bits per heavy atom. The predicted octanol–water partition coefficient (Wildman–Crippen LogP) is 2.86. The molecule has 0 aromatic heterocycles. The molecule has 0 unspecified atom stereocenters. The van der Waals surface area contributed by atoms with Crippen molar-refractivity contribution >= 4 is 0 Å². The molecule has 2 rings (SSSR count). The highest BCUT2D eigenvalue weighted by atomic mass is 19.1. The van der Waals surface area contributed by atoms with Crippen LogP contribution in [-0.4, -0.2) is 12.7 Å². The van der Waals surface area contributed by atoms with E-state index in [2.05, 4.69) is 0 Å². The zero-order valence-electron chi connectivity index (χ0n) is 9.48. The van der Waals surface area contributed by atoms with Crippen LogP contribution in [0.4, 0.5) is 4.39 Å². The van der Waals surface area contributed by atoms with Crippen molar-refractivity contribution in [2.75, 3.05) is 7.11 Å². The Kier molecular flexibility index (Phi) is 2.14. The molecule has 3 heteroatoms. The topological polar surface area (TPSA) is 18.5 Å². The zero-order chi connectivity index (χ0) is 11.2. The van der Waals surface area contributed by atoms with Crippen LogP contribution >= 0.6 is 0 Å². The second kappa shape index (κ2) is 3.12. The first-order valence-electron chi connectivity index (χ1n) is 4.99. The number of fused-ring (bicyclic) bond motifs is 1. The van der Waals surface area contributed by atoms with Gasteiger partial charge in [-0.3, -0.25) is 0 Å². The largest absolute Gasteiger partial charge is 0.493 e. The van der Waals surface area contributed by atoms with Crippen LogP contribution in [0.3, 0.4) is 0 Å². The highest BCUT2D eigenvalue weighted by molar-refractivity contribution is 5.54. The van der Waals surface area contributed by atoms with Crippen molar-refractivity contribution < 1.29 is 13.9 Å². The lowest BCUT2D eigenvalue weighted by Crippen LogP contribution is -2.24. The first-order chi connectivity index (χ1) is 6.94. The molecule has 0 N–H and O–H groups in total. The number of rotatable bonds is 1. The lowest BCUT2D eigenvalue weighted by Gasteiger charge is -2.17. The fourth-order valence-electron chi connectivity index (χ4n) is 1.97. The molecule has 0 radical (unpaired) electrons. The molecule has 0 bridgehead atoms. The van der Waals surface area contributed by atoms with E-state index in [9.17, 15) is 4.39 Å². The second-order valence-electron chi connectivity index (χ2n) is 4.53.